The first kappa shape index (κ1) is 24.0. The molecule has 3 aromatic heterocycles. The number of nitrogens with zero attached hydrogens (tertiary/aromatic N) is 3. The molecule has 34 heavy (non-hydrogen) atoms. The lowest BCUT2D eigenvalue weighted by molar-refractivity contribution is -0.117. The topological polar surface area (TPSA) is 78.9 Å². The van der Waals surface area contributed by atoms with E-state index < -0.39 is 8.32 Å². The van der Waals surface area contributed by atoms with Crippen molar-refractivity contribution in [3.63, 3.8) is 0 Å². The molecule has 8 heteroatoms. The van der Waals surface area contributed by atoms with E-state index in [1.54, 1.807) is 23.7 Å². The van der Waals surface area contributed by atoms with Gasteiger partial charge in [-0.15, -0.1) is 5.10 Å². The van der Waals surface area contributed by atoms with Crippen LogP contribution >= 0.6 is 0 Å². The van der Waals surface area contributed by atoms with Gasteiger partial charge in [0, 0.05) is 23.9 Å². The van der Waals surface area contributed by atoms with Crippen LogP contribution in [0.5, 0.6) is 11.6 Å². The van der Waals surface area contributed by atoms with Gasteiger partial charge in [0.15, 0.2) is 11.4 Å². The van der Waals surface area contributed by atoms with Gasteiger partial charge < -0.3 is 18.4 Å². The number of ether oxygens (including phenoxy) is 1. The van der Waals surface area contributed by atoms with Gasteiger partial charge in [0.25, 0.3) is 0 Å². The van der Waals surface area contributed by atoms with Crippen molar-refractivity contribution < 1.29 is 18.4 Å². The Hall–Kier alpha value is -3.13. The molecule has 1 atom stereocenters. The Morgan fingerprint density at radius 1 is 1.18 bits per heavy atom. The standard InChI is InChI=1S/C26H33N3O4Si/c1-17(30)8-9-18(2)31-25-13-12-24-27-16-21(29(24)28-25)23-14-19-10-11-20(15-22(19)32-23)33-34(6,7)26(3,4)5/h10-16,18H,8-9H2,1-7H3/t18-/m1/s1. The summed E-state index contributed by atoms with van der Waals surface area (Å²) in [5.74, 6) is 2.12. The number of Topliss-reactive ketones (excluding diaryl/α,β-unsaturated/α-hetero) is 1. The second-order valence-electron chi connectivity index (χ2n) is 10.4. The van der Waals surface area contributed by atoms with Crippen LogP contribution in [0.2, 0.25) is 18.1 Å². The summed E-state index contributed by atoms with van der Waals surface area (Å²) >= 11 is 0. The van der Waals surface area contributed by atoms with Gasteiger partial charge in [-0.25, -0.2) is 9.50 Å². The molecule has 1 aromatic carbocycles. The van der Waals surface area contributed by atoms with Gasteiger partial charge in [-0.05, 0) is 62.7 Å². The molecule has 0 aliphatic rings. The first-order valence-electron chi connectivity index (χ1n) is 11.7. The number of imidazole rings is 1. The molecule has 0 spiro atoms. The summed E-state index contributed by atoms with van der Waals surface area (Å²) in [6.07, 6.45) is 2.76. The van der Waals surface area contributed by atoms with Crippen molar-refractivity contribution in [3.05, 3.63) is 42.6 Å². The van der Waals surface area contributed by atoms with E-state index in [2.05, 4.69) is 43.9 Å². The highest BCUT2D eigenvalue weighted by Crippen LogP contribution is 2.38. The Balaban J connectivity index is 1.61. The lowest BCUT2D eigenvalue weighted by Gasteiger charge is -2.36. The molecule has 0 unspecified atom stereocenters. The zero-order valence-corrected chi connectivity index (χ0v) is 22.0. The second kappa shape index (κ2) is 8.90. The lowest BCUT2D eigenvalue weighted by atomic mass is 10.2. The number of benzene rings is 1. The average Bonchev–Trinajstić information content (AvgIpc) is 3.34. The van der Waals surface area contributed by atoms with Crippen molar-refractivity contribution in [1.82, 2.24) is 14.6 Å². The molecule has 7 nitrogen and oxygen atoms in total. The van der Waals surface area contributed by atoms with Crippen molar-refractivity contribution >= 4 is 30.7 Å². The molecule has 0 fully saturated rings. The highest BCUT2D eigenvalue weighted by molar-refractivity contribution is 6.74. The number of carbonyl (C=O) groups is 1. The van der Waals surface area contributed by atoms with E-state index in [9.17, 15) is 4.79 Å². The maximum Gasteiger partial charge on any atom is 0.250 e. The summed E-state index contributed by atoms with van der Waals surface area (Å²) in [5, 5.41) is 5.71. The molecule has 0 N–H and O–H groups in total. The molecule has 4 aromatic rings. The zero-order valence-electron chi connectivity index (χ0n) is 21.0. The number of fused-ring (bicyclic) bond motifs is 2. The smallest absolute Gasteiger partial charge is 0.250 e. The minimum Gasteiger partial charge on any atom is -0.543 e. The largest absolute Gasteiger partial charge is 0.543 e. The van der Waals surface area contributed by atoms with Gasteiger partial charge in [-0.1, -0.05) is 20.8 Å². The maximum atomic E-state index is 11.2. The van der Waals surface area contributed by atoms with Crippen LogP contribution in [0.25, 0.3) is 28.1 Å². The van der Waals surface area contributed by atoms with E-state index in [1.807, 2.05) is 37.3 Å². The Bertz CT molecular complexity index is 1330. The number of furan rings is 1. The molecule has 0 aliphatic carbocycles. The summed E-state index contributed by atoms with van der Waals surface area (Å²) in [5.41, 5.74) is 2.19. The number of ketones is 1. The van der Waals surface area contributed by atoms with E-state index in [4.69, 9.17) is 13.6 Å². The van der Waals surface area contributed by atoms with Crippen LogP contribution in [0.4, 0.5) is 0 Å². The third-order valence-electron chi connectivity index (χ3n) is 6.49. The minimum absolute atomic E-state index is 0.113. The fourth-order valence-corrected chi connectivity index (χ4v) is 4.43. The molecule has 0 bridgehead atoms. The lowest BCUT2D eigenvalue weighted by Crippen LogP contribution is -2.43. The van der Waals surface area contributed by atoms with Gasteiger partial charge in [0.05, 0.1) is 12.3 Å². The molecule has 3 heterocycles. The monoisotopic (exact) mass is 479 g/mol. The summed E-state index contributed by atoms with van der Waals surface area (Å²) < 4.78 is 20.3. The van der Waals surface area contributed by atoms with Crippen LogP contribution in [0, 0.1) is 0 Å². The molecular formula is C26H33N3O4Si. The molecule has 0 amide bonds. The van der Waals surface area contributed by atoms with Crippen molar-refractivity contribution in [2.24, 2.45) is 0 Å². The van der Waals surface area contributed by atoms with Gasteiger partial charge in [-0.2, -0.15) is 0 Å². The Morgan fingerprint density at radius 3 is 2.65 bits per heavy atom. The van der Waals surface area contributed by atoms with Crippen molar-refractivity contribution in [3.8, 4) is 23.1 Å². The van der Waals surface area contributed by atoms with E-state index in [1.165, 1.54) is 0 Å². The predicted molar refractivity (Wildman–Crippen MR) is 136 cm³/mol. The zero-order chi connectivity index (χ0) is 24.7. The number of rotatable bonds is 8. The summed E-state index contributed by atoms with van der Waals surface area (Å²) in [6.45, 7) is 14.7. The average molecular weight is 480 g/mol. The number of carbonyl (C=O) groups excluding carboxylic acids is 1. The summed E-state index contributed by atoms with van der Waals surface area (Å²) in [7, 11) is -1.95. The highest BCUT2D eigenvalue weighted by Gasteiger charge is 2.39. The van der Waals surface area contributed by atoms with Crippen molar-refractivity contribution in [2.45, 2.75) is 71.7 Å². The molecule has 0 radical (unpaired) electrons. The summed E-state index contributed by atoms with van der Waals surface area (Å²) in [4.78, 5) is 15.7. The molecule has 0 saturated heterocycles. The van der Waals surface area contributed by atoms with Crippen LogP contribution in [0.3, 0.4) is 0 Å². The van der Waals surface area contributed by atoms with Crippen molar-refractivity contribution in [2.75, 3.05) is 0 Å². The quantitative estimate of drug-likeness (QED) is 0.263. The SMILES string of the molecule is CC(=O)CC[C@@H](C)Oc1ccc2ncc(-c3cc4ccc(O[Si](C)(C)C(C)(C)C)cc4o3)n2n1. The second-order valence-corrected chi connectivity index (χ2v) is 15.2. The van der Waals surface area contributed by atoms with Gasteiger partial charge in [0.1, 0.15) is 22.8 Å². The maximum absolute atomic E-state index is 11.2. The van der Waals surface area contributed by atoms with E-state index >= 15 is 0 Å². The molecule has 0 aliphatic heterocycles. The van der Waals surface area contributed by atoms with Crippen LogP contribution < -0.4 is 9.16 Å². The third-order valence-corrected chi connectivity index (χ3v) is 10.8. The number of hydrogen-bond acceptors (Lipinski definition) is 6. The van der Waals surface area contributed by atoms with Crippen LogP contribution in [-0.2, 0) is 4.79 Å². The fraction of sp³-hybridized carbons (Fsp3) is 0.423. The van der Waals surface area contributed by atoms with Crippen molar-refractivity contribution in [1.29, 1.82) is 0 Å². The fourth-order valence-electron chi connectivity index (χ4n) is 3.41. The van der Waals surface area contributed by atoms with Gasteiger partial charge in [0.2, 0.25) is 14.2 Å². The normalized spacial score (nSPS) is 13.4. The first-order chi connectivity index (χ1) is 15.9. The molecule has 0 saturated carbocycles. The Morgan fingerprint density at radius 2 is 1.94 bits per heavy atom. The molecule has 4 rings (SSSR count). The van der Waals surface area contributed by atoms with E-state index in [-0.39, 0.29) is 16.9 Å². The third kappa shape index (κ3) is 5.01. The van der Waals surface area contributed by atoms with Crippen LogP contribution in [0.15, 0.2) is 47.0 Å². The van der Waals surface area contributed by atoms with Gasteiger partial charge >= 0.3 is 0 Å². The first-order valence-corrected chi connectivity index (χ1v) is 14.6. The Kier molecular flexibility index (Phi) is 6.29. The van der Waals surface area contributed by atoms with E-state index in [0.29, 0.717) is 30.1 Å². The predicted octanol–water partition coefficient (Wildman–Crippen LogP) is 6.66. The molecule has 180 valence electrons. The summed E-state index contributed by atoms with van der Waals surface area (Å²) in [6, 6.07) is 11.6. The van der Waals surface area contributed by atoms with Crippen LogP contribution in [0.1, 0.15) is 47.5 Å². The number of aromatic nitrogens is 3. The van der Waals surface area contributed by atoms with Crippen LogP contribution in [-0.4, -0.2) is 34.8 Å². The van der Waals surface area contributed by atoms with Gasteiger partial charge in [-0.3, -0.25) is 0 Å². The highest BCUT2D eigenvalue weighted by atomic mass is 28.4. The number of hydrogen-bond donors (Lipinski definition) is 0. The Labute approximate surface area is 201 Å². The minimum atomic E-state index is -1.95. The van der Waals surface area contributed by atoms with E-state index in [0.717, 1.165) is 22.4 Å². The molecular weight excluding hydrogens is 446 g/mol.